The maximum absolute atomic E-state index is 12.8. The minimum atomic E-state index is -0.512. The molecule has 0 spiro atoms. The van der Waals surface area contributed by atoms with Gasteiger partial charge < -0.3 is 19.5 Å². The summed E-state index contributed by atoms with van der Waals surface area (Å²) >= 11 is 0. The molecule has 3 aromatic rings. The van der Waals surface area contributed by atoms with E-state index >= 15 is 0 Å². The van der Waals surface area contributed by atoms with E-state index in [2.05, 4.69) is 22.0 Å². The lowest BCUT2D eigenvalue weighted by atomic mass is 10.0. The maximum Gasteiger partial charge on any atom is 0.410 e. The van der Waals surface area contributed by atoms with Gasteiger partial charge in [0.05, 0.1) is 35.3 Å². The van der Waals surface area contributed by atoms with Crippen LogP contribution >= 0.6 is 0 Å². The number of benzene rings is 2. The third-order valence-electron chi connectivity index (χ3n) is 5.83. The Balaban J connectivity index is 1.54. The quantitative estimate of drug-likeness (QED) is 0.587. The van der Waals surface area contributed by atoms with Gasteiger partial charge in [-0.2, -0.15) is 5.26 Å². The molecule has 1 fully saturated rings. The molecule has 1 saturated heterocycles. The van der Waals surface area contributed by atoms with Gasteiger partial charge in [0.15, 0.2) is 0 Å². The van der Waals surface area contributed by atoms with Gasteiger partial charge in [0.1, 0.15) is 5.60 Å². The summed E-state index contributed by atoms with van der Waals surface area (Å²) in [5.41, 5.74) is 3.18. The monoisotopic (exact) mass is 445 g/mol. The summed E-state index contributed by atoms with van der Waals surface area (Å²) in [4.78, 5) is 19.4. The van der Waals surface area contributed by atoms with E-state index < -0.39 is 5.60 Å². The first-order valence-corrected chi connectivity index (χ1v) is 11.5. The fourth-order valence-corrected chi connectivity index (χ4v) is 4.22. The van der Waals surface area contributed by atoms with Crippen LogP contribution in [0.25, 0.3) is 11.0 Å². The molecular formula is C26H31N5O2. The third-order valence-corrected chi connectivity index (χ3v) is 5.83. The first-order valence-electron chi connectivity index (χ1n) is 11.5. The van der Waals surface area contributed by atoms with E-state index in [1.165, 1.54) is 0 Å². The van der Waals surface area contributed by atoms with Gasteiger partial charge in [-0.3, -0.25) is 0 Å². The van der Waals surface area contributed by atoms with Crippen molar-refractivity contribution in [3.05, 3.63) is 59.7 Å². The molecule has 1 atom stereocenters. The molecule has 1 aliphatic heterocycles. The number of para-hydroxylation sites is 2. The number of likely N-dealkylation sites (tertiary alicyclic amines) is 1. The van der Waals surface area contributed by atoms with Crippen molar-refractivity contribution in [2.75, 3.05) is 18.4 Å². The van der Waals surface area contributed by atoms with Crippen LogP contribution in [0.1, 0.15) is 51.2 Å². The molecule has 0 bridgehead atoms. The average molecular weight is 446 g/mol. The minimum absolute atomic E-state index is 0.0526. The zero-order valence-corrected chi connectivity index (χ0v) is 19.5. The minimum Gasteiger partial charge on any atom is -0.444 e. The van der Waals surface area contributed by atoms with Gasteiger partial charge in [0.2, 0.25) is 5.95 Å². The Morgan fingerprint density at radius 1 is 1.18 bits per heavy atom. The lowest BCUT2D eigenvalue weighted by molar-refractivity contribution is 0.0114. The highest BCUT2D eigenvalue weighted by molar-refractivity contribution is 5.78. The zero-order chi connectivity index (χ0) is 23.4. The lowest BCUT2D eigenvalue weighted by Gasteiger charge is -2.36. The third kappa shape index (κ3) is 5.46. The molecule has 1 aromatic heterocycles. The number of nitrogens with one attached hydrogen (secondary N) is 1. The number of aromatic nitrogens is 2. The van der Waals surface area contributed by atoms with Gasteiger partial charge in [-0.25, -0.2) is 9.78 Å². The smallest absolute Gasteiger partial charge is 0.410 e. The van der Waals surface area contributed by atoms with Gasteiger partial charge >= 0.3 is 6.09 Å². The van der Waals surface area contributed by atoms with Crippen molar-refractivity contribution >= 4 is 23.1 Å². The highest BCUT2D eigenvalue weighted by Crippen LogP contribution is 2.24. The van der Waals surface area contributed by atoms with E-state index in [1.807, 2.05) is 68.1 Å². The average Bonchev–Trinajstić information content (AvgIpc) is 3.14. The van der Waals surface area contributed by atoms with Crippen molar-refractivity contribution in [1.29, 1.82) is 5.26 Å². The summed E-state index contributed by atoms with van der Waals surface area (Å²) in [5.74, 6) is 0.773. The van der Waals surface area contributed by atoms with Crippen LogP contribution in [0, 0.1) is 11.3 Å². The zero-order valence-electron chi connectivity index (χ0n) is 19.5. The summed E-state index contributed by atoms with van der Waals surface area (Å²) in [6.45, 7) is 7.64. The van der Waals surface area contributed by atoms with E-state index in [9.17, 15) is 4.79 Å². The Bertz CT molecular complexity index is 1150. The molecule has 2 heterocycles. The molecule has 0 unspecified atom stereocenters. The number of rotatable bonds is 5. The van der Waals surface area contributed by atoms with Crippen LogP contribution in [0.4, 0.5) is 10.7 Å². The Hall–Kier alpha value is -3.53. The van der Waals surface area contributed by atoms with E-state index in [1.54, 1.807) is 0 Å². The van der Waals surface area contributed by atoms with Crippen molar-refractivity contribution in [2.24, 2.45) is 0 Å². The van der Waals surface area contributed by atoms with E-state index in [0.717, 1.165) is 41.8 Å². The predicted molar refractivity (Wildman–Crippen MR) is 129 cm³/mol. The molecular weight excluding hydrogens is 414 g/mol. The van der Waals surface area contributed by atoms with Crippen LogP contribution in [-0.2, 0) is 11.3 Å². The second-order valence-electron chi connectivity index (χ2n) is 9.52. The summed E-state index contributed by atoms with van der Waals surface area (Å²) in [7, 11) is 0. The number of amides is 1. The van der Waals surface area contributed by atoms with Crippen LogP contribution in [0.3, 0.4) is 0 Å². The van der Waals surface area contributed by atoms with Crippen molar-refractivity contribution in [2.45, 2.75) is 58.2 Å². The summed E-state index contributed by atoms with van der Waals surface area (Å²) in [6.07, 6.45) is 2.77. The van der Waals surface area contributed by atoms with Crippen LogP contribution in [-0.4, -0.2) is 45.3 Å². The van der Waals surface area contributed by atoms with Crippen LogP contribution in [0.2, 0.25) is 0 Å². The fraction of sp³-hybridized carbons (Fsp3) is 0.423. The lowest BCUT2D eigenvalue weighted by Crippen LogP contribution is -2.49. The number of fused-ring (bicyclic) bond motifs is 1. The molecule has 0 radical (unpaired) electrons. The van der Waals surface area contributed by atoms with E-state index in [0.29, 0.717) is 25.2 Å². The van der Waals surface area contributed by atoms with Gasteiger partial charge in [0, 0.05) is 13.1 Å². The van der Waals surface area contributed by atoms with E-state index in [-0.39, 0.29) is 12.1 Å². The molecule has 0 aliphatic carbocycles. The summed E-state index contributed by atoms with van der Waals surface area (Å²) in [5, 5.41) is 12.6. The molecule has 0 saturated carbocycles. The van der Waals surface area contributed by atoms with Crippen LogP contribution < -0.4 is 5.32 Å². The standard InChI is InChI=1S/C26H31N5O2/c1-26(2,3)33-25(32)30-15-7-6-8-21(30)17-28-24-29-22-9-4-5-10-23(22)31(24)18-20-13-11-19(16-27)12-14-20/h4-5,9-14,21H,6-8,15,17-18H2,1-3H3,(H,28,29)/t21-/m1/s1. The number of nitriles is 1. The SMILES string of the molecule is CC(C)(C)OC(=O)N1CCCC[C@@H]1CNc1nc2ccccc2n1Cc1ccc(C#N)cc1. The summed E-state index contributed by atoms with van der Waals surface area (Å²) < 4.78 is 7.79. The molecule has 172 valence electrons. The second-order valence-corrected chi connectivity index (χ2v) is 9.52. The molecule has 2 aromatic carbocycles. The number of carbonyl (C=O) groups excluding carboxylic acids is 1. The fourth-order valence-electron chi connectivity index (χ4n) is 4.22. The molecule has 1 amide bonds. The Labute approximate surface area is 195 Å². The Morgan fingerprint density at radius 3 is 2.67 bits per heavy atom. The molecule has 7 heteroatoms. The highest BCUT2D eigenvalue weighted by Gasteiger charge is 2.30. The first-order chi connectivity index (χ1) is 15.8. The Morgan fingerprint density at radius 2 is 1.94 bits per heavy atom. The highest BCUT2D eigenvalue weighted by atomic mass is 16.6. The van der Waals surface area contributed by atoms with Crippen molar-refractivity contribution in [3.63, 3.8) is 0 Å². The predicted octanol–water partition coefficient (Wildman–Crippen LogP) is 5.16. The maximum atomic E-state index is 12.8. The second kappa shape index (κ2) is 9.53. The van der Waals surface area contributed by atoms with Crippen molar-refractivity contribution in [1.82, 2.24) is 14.5 Å². The summed E-state index contributed by atoms with van der Waals surface area (Å²) in [6, 6.07) is 17.9. The van der Waals surface area contributed by atoms with Crippen LogP contribution in [0.5, 0.6) is 0 Å². The Kier molecular flexibility index (Phi) is 6.55. The number of imidazole rings is 1. The van der Waals surface area contributed by atoms with Gasteiger partial charge in [-0.1, -0.05) is 24.3 Å². The van der Waals surface area contributed by atoms with Gasteiger partial charge in [-0.15, -0.1) is 0 Å². The van der Waals surface area contributed by atoms with Gasteiger partial charge in [0.25, 0.3) is 0 Å². The van der Waals surface area contributed by atoms with E-state index in [4.69, 9.17) is 15.0 Å². The van der Waals surface area contributed by atoms with Crippen molar-refractivity contribution < 1.29 is 9.53 Å². The molecule has 33 heavy (non-hydrogen) atoms. The normalized spacial score (nSPS) is 16.4. The first kappa shape index (κ1) is 22.7. The number of ether oxygens (including phenoxy) is 1. The number of carbonyl (C=O) groups is 1. The molecule has 1 aliphatic rings. The number of nitrogens with zero attached hydrogens (tertiary/aromatic N) is 4. The number of hydrogen-bond donors (Lipinski definition) is 1. The molecule has 7 nitrogen and oxygen atoms in total. The number of hydrogen-bond acceptors (Lipinski definition) is 5. The van der Waals surface area contributed by atoms with Gasteiger partial charge in [-0.05, 0) is 69.9 Å². The molecule has 1 N–H and O–H groups in total. The molecule has 4 rings (SSSR count). The van der Waals surface area contributed by atoms with Crippen LogP contribution in [0.15, 0.2) is 48.5 Å². The largest absolute Gasteiger partial charge is 0.444 e. The number of anilines is 1. The van der Waals surface area contributed by atoms with Crippen molar-refractivity contribution in [3.8, 4) is 6.07 Å². The number of piperidine rings is 1. The topological polar surface area (TPSA) is 83.2 Å².